The topological polar surface area (TPSA) is 80.0 Å². The number of aromatic nitrogens is 4. The molecular weight excluding hydrogens is 380 g/mol. The summed E-state index contributed by atoms with van der Waals surface area (Å²) in [6.07, 6.45) is 0. The largest absolute Gasteiger partial charge is 0.496 e. The lowest BCUT2D eigenvalue weighted by Crippen LogP contribution is -1.96. The minimum atomic E-state index is 0.604. The number of benzene rings is 2. The summed E-state index contributed by atoms with van der Waals surface area (Å²) in [5.74, 6) is 3.21. The van der Waals surface area contributed by atoms with E-state index in [2.05, 4.69) is 10.2 Å². The first-order valence-corrected chi connectivity index (χ1v) is 9.17. The van der Waals surface area contributed by atoms with Crippen molar-refractivity contribution in [2.45, 2.75) is 0 Å². The van der Waals surface area contributed by atoms with Crippen molar-refractivity contribution in [1.29, 1.82) is 0 Å². The number of hydrogen-bond donors (Lipinski definition) is 0. The molecule has 0 N–H and O–H groups in total. The molecule has 0 bridgehead atoms. The second-order valence-corrected chi connectivity index (χ2v) is 6.69. The molecule has 0 aliphatic heterocycles. The Morgan fingerprint density at radius 1 is 0.786 bits per heavy atom. The van der Waals surface area contributed by atoms with Gasteiger partial charge in [-0.3, -0.25) is 0 Å². The predicted octanol–water partition coefficient (Wildman–Crippen LogP) is 3.55. The first-order valence-electron chi connectivity index (χ1n) is 8.36. The molecule has 0 unspecified atom stereocenters. The SMILES string of the molecule is COc1ccc(-c2nnc3sc(-c4c(OC)cccc4OC)nn23)cc1OC. The van der Waals surface area contributed by atoms with E-state index in [1.54, 1.807) is 33.0 Å². The first kappa shape index (κ1) is 18.1. The van der Waals surface area contributed by atoms with Crippen LogP contribution in [0.4, 0.5) is 0 Å². The Balaban J connectivity index is 1.85. The van der Waals surface area contributed by atoms with Gasteiger partial charge in [0.25, 0.3) is 0 Å². The molecule has 2 aromatic heterocycles. The zero-order chi connectivity index (χ0) is 19.7. The normalized spacial score (nSPS) is 10.9. The molecule has 28 heavy (non-hydrogen) atoms. The number of hydrogen-bond acceptors (Lipinski definition) is 8. The monoisotopic (exact) mass is 398 g/mol. The maximum Gasteiger partial charge on any atom is 0.235 e. The molecule has 0 spiro atoms. The Kier molecular flexibility index (Phi) is 4.74. The van der Waals surface area contributed by atoms with Crippen molar-refractivity contribution in [3.8, 4) is 45.0 Å². The van der Waals surface area contributed by atoms with E-state index in [0.29, 0.717) is 33.8 Å². The van der Waals surface area contributed by atoms with Crippen molar-refractivity contribution in [1.82, 2.24) is 19.8 Å². The zero-order valence-electron chi connectivity index (χ0n) is 15.8. The summed E-state index contributed by atoms with van der Waals surface area (Å²) < 4.78 is 23.4. The number of nitrogens with zero attached hydrogens (tertiary/aromatic N) is 4. The summed E-state index contributed by atoms with van der Waals surface area (Å²) in [6.45, 7) is 0. The van der Waals surface area contributed by atoms with E-state index in [0.717, 1.165) is 16.1 Å². The molecule has 2 heterocycles. The van der Waals surface area contributed by atoms with Gasteiger partial charge >= 0.3 is 0 Å². The second kappa shape index (κ2) is 7.35. The Morgan fingerprint density at radius 2 is 1.46 bits per heavy atom. The van der Waals surface area contributed by atoms with Crippen LogP contribution in [0.1, 0.15) is 0 Å². The summed E-state index contributed by atoms with van der Waals surface area (Å²) in [4.78, 5) is 0.660. The summed E-state index contributed by atoms with van der Waals surface area (Å²) in [7, 11) is 6.43. The van der Waals surface area contributed by atoms with Gasteiger partial charge in [-0.05, 0) is 30.3 Å². The average Bonchev–Trinajstić information content (AvgIpc) is 3.33. The van der Waals surface area contributed by atoms with Crippen LogP contribution in [0.25, 0.3) is 26.9 Å². The van der Waals surface area contributed by atoms with Gasteiger partial charge in [-0.1, -0.05) is 17.4 Å². The molecule has 4 aromatic rings. The highest BCUT2D eigenvalue weighted by Crippen LogP contribution is 2.41. The number of fused-ring (bicyclic) bond motifs is 1. The fourth-order valence-corrected chi connectivity index (χ4v) is 3.83. The van der Waals surface area contributed by atoms with Crippen molar-refractivity contribution in [2.24, 2.45) is 0 Å². The van der Waals surface area contributed by atoms with Crippen LogP contribution in [0, 0.1) is 0 Å². The van der Waals surface area contributed by atoms with Crippen LogP contribution in [0.5, 0.6) is 23.0 Å². The van der Waals surface area contributed by atoms with Gasteiger partial charge in [-0.2, -0.15) is 9.61 Å². The molecule has 0 amide bonds. The van der Waals surface area contributed by atoms with Crippen molar-refractivity contribution in [3.05, 3.63) is 36.4 Å². The maximum atomic E-state index is 5.50. The molecule has 0 aliphatic carbocycles. The van der Waals surface area contributed by atoms with Gasteiger partial charge in [0.2, 0.25) is 4.96 Å². The van der Waals surface area contributed by atoms with Crippen LogP contribution in [-0.4, -0.2) is 48.3 Å². The zero-order valence-corrected chi connectivity index (χ0v) is 16.6. The molecule has 0 atom stereocenters. The Labute approximate surface area is 165 Å². The molecule has 0 saturated carbocycles. The third kappa shape index (κ3) is 2.89. The quantitative estimate of drug-likeness (QED) is 0.491. The van der Waals surface area contributed by atoms with Gasteiger partial charge in [0.05, 0.1) is 34.0 Å². The molecular formula is C19H18N4O4S. The van der Waals surface area contributed by atoms with Gasteiger partial charge < -0.3 is 18.9 Å². The molecule has 2 aromatic carbocycles. The predicted molar refractivity (Wildman–Crippen MR) is 106 cm³/mol. The highest BCUT2D eigenvalue weighted by Gasteiger charge is 2.20. The fourth-order valence-electron chi connectivity index (χ4n) is 2.94. The smallest absolute Gasteiger partial charge is 0.235 e. The minimum Gasteiger partial charge on any atom is -0.496 e. The van der Waals surface area contributed by atoms with Crippen molar-refractivity contribution < 1.29 is 18.9 Å². The van der Waals surface area contributed by atoms with Crippen molar-refractivity contribution in [2.75, 3.05) is 28.4 Å². The standard InChI is InChI=1S/C19H18N4O4S/c1-24-12-9-8-11(10-15(12)27-4)17-20-21-19-23(17)22-18(28-19)16-13(25-2)6-5-7-14(16)26-3/h5-10H,1-4H3. The van der Waals surface area contributed by atoms with E-state index in [1.165, 1.54) is 11.3 Å². The lowest BCUT2D eigenvalue weighted by atomic mass is 10.2. The fraction of sp³-hybridized carbons (Fsp3) is 0.211. The third-order valence-corrected chi connectivity index (χ3v) is 5.19. The average molecular weight is 398 g/mol. The van der Waals surface area contributed by atoms with E-state index in [9.17, 15) is 0 Å². The molecule has 0 aliphatic rings. The van der Waals surface area contributed by atoms with Crippen LogP contribution in [0.2, 0.25) is 0 Å². The van der Waals surface area contributed by atoms with Crippen LogP contribution >= 0.6 is 11.3 Å². The van der Waals surface area contributed by atoms with E-state index in [4.69, 9.17) is 24.0 Å². The lowest BCUT2D eigenvalue weighted by Gasteiger charge is -2.10. The van der Waals surface area contributed by atoms with Crippen LogP contribution in [0.3, 0.4) is 0 Å². The van der Waals surface area contributed by atoms with Gasteiger partial charge in [0.1, 0.15) is 11.5 Å². The highest BCUT2D eigenvalue weighted by atomic mass is 32.1. The lowest BCUT2D eigenvalue weighted by molar-refractivity contribution is 0.355. The van der Waals surface area contributed by atoms with Gasteiger partial charge in [0.15, 0.2) is 22.3 Å². The maximum absolute atomic E-state index is 5.50. The summed E-state index contributed by atoms with van der Waals surface area (Å²) >= 11 is 1.40. The van der Waals surface area contributed by atoms with Gasteiger partial charge in [-0.25, -0.2) is 0 Å². The molecule has 0 saturated heterocycles. The molecule has 8 nitrogen and oxygen atoms in total. The van der Waals surface area contributed by atoms with E-state index in [1.807, 2.05) is 36.4 Å². The highest BCUT2D eigenvalue weighted by molar-refractivity contribution is 7.19. The van der Waals surface area contributed by atoms with Crippen molar-refractivity contribution in [3.63, 3.8) is 0 Å². The number of rotatable bonds is 6. The first-order chi connectivity index (χ1) is 13.7. The molecule has 9 heteroatoms. The second-order valence-electron chi connectivity index (χ2n) is 5.73. The van der Waals surface area contributed by atoms with Crippen LogP contribution < -0.4 is 18.9 Å². The van der Waals surface area contributed by atoms with Crippen LogP contribution in [0.15, 0.2) is 36.4 Å². The summed E-state index contributed by atoms with van der Waals surface area (Å²) in [5.41, 5.74) is 1.59. The van der Waals surface area contributed by atoms with Gasteiger partial charge in [-0.15, -0.1) is 10.2 Å². The van der Waals surface area contributed by atoms with Crippen LogP contribution in [-0.2, 0) is 0 Å². The molecule has 0 fully saturated rings. The van der Waals surface area contributed by atoms with Crippen molar-refractivity contribution >= 4 is 16.3 Å². The molecule has 4 rings (SSSR count). The van der Waals surface area contributed by atoms with E-state index < -0.39 is 0 Å². The van der Waals surface area contributed by atoms with E-state index >= 15 is 0 Å². The summed E-state index contributed by atoms with van der Waals surface area (Å²) in [5, 5.41) is 14.0. The Hall–Kier alpha value is -3.33. The van der Waals surface area contributed by atoms with E-state index in [-0.39, 0.29) is 0 Å². The minimum absolute atomic E-state index is 0.604. The number of methoxy groups -OCH3 is 4. The molecule has 144 valence electrons. The van der Waals surface area contributed by atoms with Gasteiger partial charge in [0, 0.05) is 5.56 Å². The number of ether oxygens (including phenoxy) is 4. The Morgan fingerprint density at radius 3 is 2.11 bits per heavy atom. The molecule has 0 radical (unpaired) electrons. The summed E-state index contributed by atoms with van der Waals surface area (Å²) in [6, 6.07) is 11.2. The third-order valence-electron chi connectivity index (χ3n) is 4.27. The Bertz CT molecular complexity index is 1120.